The van der Waals surface area contributed by atoms with Crippen molar-refractivity contribution in [3.8, 4) is 0 Å². The summed E-state index contributed by atoms with van der Waals surface area (Å²) >= 11 is 1.36. The number of hydrogen-bond acceptors (Lipinski definition) is 5. The van der Waals surface area contributed by atoms with E-state index in [0.29, 0.717) is 5.69 Å². The number of carbonyl (C=O) groups excluding carboxylic acids is 1. The summed E-state index contributed by atoms with van der Waals surface area (Å²) in [6.07, 6.45) is 0. The smallest absolute Gasteiger partial charge is 0.365 e. The molecule has 0 aliphatic carbocycles. The van der Waals surface area contributed by atoms with Crippen molar-refractivity contribution in [3.05, 3.63) is 16.6 Å². The van der Waals surface area contributed by atoms with Crippen molar-refractivity contribution < 1.29 is 9.63 Å². The first-order valence-electron chi connectivity index (χ1n) is 3.55. The zero-order chi connectivity index (χ0) is 8.97. The fourth-order valence-corrected chi connectivity index (χ4v) is 1.06. The van der Waals surface area contributed by atoms with Gasteiger partial charge in [0.15, 0.2) is 5.69 Å². The third-order valence-electron chi connectivity index (χ3n) is 1.03. The number of hydroxylamine groups is 1. The van der Waals surface area contributed by atoms with Crippen molar-refractivity contribution in [1.29, 1.82) is 0 Å². The second-order valence-electron chi connectivity index (χ2n) is 2.54. The lowest BCUT2D eigenvalue weighted by atomic mass is 10.4. The average molecular weight is 267 g/mol. The van der Waals surface area contributed by atoms with Gasteiger partial charge in [-0.2, -0.15) is 5.48 Å². The van der Waals surface area contributed by atoms with Crippen LogP contribution in [-0.2, 0) is 4.84 Å². The van der Waals surface area contributed by atoms with Crippen molar-refractivity contribution in [1.82, 2.24) is 10.5 Å². The predicted molar refractivity (Wildman–Crippen MR) is 56.1 cm³/mol. The first-order chi connectivity index (χ1) is 5.70. The number of hydrogen-bond donors (Lipinski definition) is 1. The Labute approximate surface area is 91.0 Å². The Hall–Kier alpha value is -0.460. The van der Waals surface area contributed by atoms with Gasteiger partial charge >= 0.3 is 5.97 Å². The van der Waals surface area contributed by atoms with Crippen LogP contribution in [-0.4, -0.2) is 17.0 Å². The molecule has 0 aliphatic heterocycles. The molecule has 74 valence electrons. The van der Waals surface area contributed by atoms with Crippen molar-refractivity contribution in [3.63, 3.8) is 0 Å². The summed E-state index contributed by atoms with van der Waals surface area (Å²) in [5.41, 5.74) is 4.48. The normalized spacial score (nSPS) is 9.46. The fraction of sp³-hybridized carbons (Fsp3) is 0.429. The van der Waals surface area contributed by atoms with Gasteiger partial charge in [-0.25, -0.2) is 9.78 Å². The summed E-state index contributed by atoms with van der Waals surface area (Å²) in [7, 11) is 0. The Morgan fingerprint density at radius 2 is 2.38 bits per heavy atom. The van der Waals surface area contributed by atoms with Gasteiger partial charge in [-0.3, -0.25) is 0 Å². The average Bonchev–Trinajstić information content (AvgIpc) is 2.51. The maximum Gasteiger partial charge on any atom is 0.376 e. The van der Waals surface area contributed by atoms with Gasteiger partial charge in [-0.15, -0.1) is 28.3 Å². The van der Waals surface area contributed by atoms with Gasteiger partial charge < -0.3 is 4.84 Å². The molecular formula is C7H11BrN2O2S. The number of halogens is 1. The minimum absolute atomic E-state index is 0. The molecule has 1 aromatic heterocycles. The van der Waals surface area contributed by atoms with Crippen LogP contribution in [0.15, 0.2) is 10.9 Å². The predicted octanol–water partition coefficient (Wildman–Crippen LogP) is 1.79. The van der Waals surface area contributed by atoms with Gasteiger partial charge in [0.05, 0.1) is 5.51 Å². The van der Waals surface area contributed by atoms with Gasteiger partial charge in [0.2, 0.25) is 0 Å². The molecule has 1 N–H and O–H groups in total. The molecule has 6 heteroatoms. The SMILES string of the molecule is Br.CC(C)NOC(=O)c1cscn1. The number of rotatable bonds is 3. The van der Waals surface area contributed by atoms with E-state index < -0.39 is 5.97 Å². The van der Waals surface area contributed by atoms with E-state index in [-0.39, 0.29) is 23.0 Å². The van der Waals surface area contributed by atoms with Gasteiger partial charge in [0.1, 0.15) is 0 Å². The van der Waals surface area contributed by atoms with Gasteiger partial charge in [-0.05, 0) is 13.8 Å². The molecule has 0 radical (unpaired) electrons. The molecule has 1 rings (SSSR count). The fourth-order valence-electron chi connectivity index (χ4n) is 0.537. The van der Waals surface area contributed by atoms with E-state index in [0.717, 1.165) is 0 Å². The van der Waals surface area contributed by atoms with E-state index in [9.17, 15) is 4.79 Å². The molecular weight excluding hydrogens is 256 g/mol. The molecule has 13 heavy (non-hydrogen) atoms. The molecule has 0 spiro atoms. The Bertz CT molecular complexity index is 251. The van der Waals surface area contributed by atoms with E-state index >= 15 is 0 Å². The maximum atomic E-state index is 11.1. The Morgan fingerprint density at radius 3 is 2.85 bits per heavy atom. The third kappa shape index (κ3) is 4.35. The molecule has 0 aliphatic rings. The molecule has 1 aromatic rings. The molecule has 0 fully saturated rings. The van der Waals surface area contributed by atoms with E-state index in [1.807, 2.05) is 13.8 Å². The summed E-state index contributed by atoms with van der Waals surface area (Å²) in [5.74, 6) is -0.440. The second kappa shape index (κ2) is 6.06. The van der Waals surface area contributed by atoms with Gasteiger partial charge in [0.25, 0.3) is 0 Å². The van der Waals surface area contributed by atoms with E-state index in [4.69, 9.17) is 4.84 Å². The zero-order valence-corrected chi connectivity index (χ0v) is 9.84. The molecule has 0 amide bonds. The zero-order valence-electron chi connectivity index (χ0n) is 7.31. The first kappa shape index (κ1) is 12.5. The molecule has 0 bridgehead atoms. The Morgan fingerprint density at radius 1 is 1.69 bits per heavy atom. The molecule has 0 aromatic carbocycles. The Kier molecular flexibility index (Phi) is 5.85. The number of nitrogens with one attached hydrogen (secondary N) is 1. The summed E-state index contributed by atoms with van der Waals surface area (Å²) in [5, 5.41) is 1.64. The highest BCUT2D eigenvalue weighted by atomic mass is 79.9. The highest BCUT2D eigenvalue weighted by molar-refractivity contribution is 8.93. The molecule has 0 unspecified atom stereocenters. The Balaban J connectivity index is 0.00000144. The monoisotopic (exact) mass is 266 g/mol. The number of nitrogens with zero attached hydrogens (tertiary/aromatic N) is 1. The van der Waals surface area contributed by atoms with Crippen molar-refractivity contribution in [2.24, 2.45) is 0 Å². The number of aromatic nitrogens is 1. The van der Waals surface area contributed by atoms with Crippen LogP contribution in [0.1, 0.15) is 24.3 Å². The van der Waals surface area contributed by atoms with Gasteiger partial charge in [-0.1, -0.05) is 0 Å². The molecule has 1 heterocycles. The van der Waals surface area contributed by atoms with Crippen LogP contribution in [0.2, 0.25) is 0 Å². The van der Waals surface area contributed by atoms with E-state index in [1.165, 1.54) is 11.3 Å². The number of thiazole rings is 1. The first-order valence-corrected chi connectivity index (χ1v) is 4.49. The lowest BCUT2D eigenvalue weighted by Gasteiger charge is -2.05. The summed E-state index contributed by atoms with van der Waals surface area (Å²) < 4.78 is 0. The molecule has 0 saturated carbocycles. The van der Waals surface area contributed by atoms with Crippen LogP contribution >= 0.6 is 28.3 Å². The summed E-state index contributed by atoms with van der Waals surface area (Å²) in [6.45, 7) is 3.77. The maximum absolute atomic E-state index is 11.1. The highest BCUT2D eigenvalue weighted by Crippen LogP contribution is 2.01. The molecule has 4 nitrogen and oxygen atoms in total. The van der Waals surface area contributed by atoms with Crippen molar-refractivity contribution >= 4 is 34.3 Å². The molecule has 0 atom stereocenters. The minimum Gasteiger partial charge on any atom is -0.365 e. The van der Waals surface area contributed by atoms with Crippen LogP contribution in [0.3, 0.4) is 0 Å². The lowest BCUT2D eigenvalue weighted by molar-refractivity contribution is 0.0182. The van der Waals surface area contributed by atoms with Crippen LogP contribution in [0.4, 0.5) is 0 Å². The lowest BCUT2D eigenvalue weighted by Crippen LogP contribution is -2.26. The van der Waals surface area contributed by atoms with E-state index in [1.54, 1.807) is 10.9 Å². The van der Waals surface area contributed by atoms with Crippen molar-refractivity contribution in [2.45, 2.75) is 19.9 Å². The summed E-state index contributed by atoms with van der Waals surface area (Å²) in [6, 6.07) is 0.118. The van der Waals surface area contributed by atoms with Crippen LogP contribution in [0.5, 0.6) is 0 Å². The van der Waals surface area contributed by atoms with Crippen LogP contribution < -0.4 is 5.48 Å². The second-order valence-corrected chi connectivity index (χ2v) is 3.25. The van der Waals surface area contributed by atoms with Gasteiger partial charge in [0, 0.05) is 11.4 Å². The molecule has 0 saturated heterocycles. The minimum atomic E-state index is -0.440. The number of carbonyl (C=O) groups is 1. The third-order valence-corrected chi connectivity index (χ3v) is 1.62. The van der Waals surface area contributed by atoms with Crippen molar-refractivity contribution in [2.75, 3.05) is 0 Å². The van der Waals surface area contributed by atoms with E-state index in [2.05, 4.69) is 10.5 Å². The van der Waals surface area contributed by atoms with Crippen LogP contribution in [0.25, 0.3) is 0 Å². The topological polar surface area (TPSA) is 51.2 Å². The quantitative estimate of drug-likeness (QED) is 0.848. The standard InChI is InChI=1S/C7H10N2O2S.BrH/c1-5(2)9-11-7(10)6-3-12-4-8-6;/h3-5,9H,1-2H3;1H. The highest BCUT2D eigenvalue weighted by Gasteiger charge is 2.09. The largest absolute Gasteiger partial charge is 0.376 e. The van der Waals surface area contributed by atoms with Crippen LogP contribution in [0, 0.1) is 0 Å². The summed E-state index contributed by atoms with van der Waals surface area (Å²) in [4.78, 5) is 19.6.